The predicted octanol–water partition coefficient (Wildman–Crippen LogP) is 7.07. The van der Waals surface area contributed by atoms with E-state index in [1.165, 1.54) is 23.8 Å². The second kappa shape index (κ2) is 9.74. The number of nitro groups is 1. The maximum atomic E-state index is 10.8. The second-order valence-corrected chi connectivity index (χ2v) is 7.37. The minimum Gasteiger partial charge on any atom is -0.258 e. The van der Waals surface area contributed by atoms with E-state index in [0.717, 1.165) is 22.3 Å². The standard InChI is InChI=1S/C27H17ClN2O2/c28-26-18-25(30(31)32)16-17-27(26)29-19-22-10-8-20(9-11-22)6-7-21-12-14-24(15-13-21)23-4-2-1-3-5-23/h1-5,8-19H. The number of nitro benzene ring substituents is 1. The van der Waals surface area contributed by atoms with Gasteiger partial charge in [-0.2, -0.15) is 0 Å². The van der Waals surface area contributed by atoms with Crippen molar-refractivity contribution in [2.45, 2.75) is 0 Å². The summed E-state index contributed by atoms with van der Waals surface area (Å²) >= 11 is 6.07. The Bertz CT molecular complexity index is 1330. The lowest BCUT2D eigenvalue weighted by atomic mass is 10.0. The molecule has 0 aliphatic heterocycles. The average Bonchev–Trinajstić information content (AvgIpc) is 2.83. The average molecular weight is 437 g/mol. The van der Waals surface area contributed by atoms with Crippen molar-refractivity contribution in [1.29, 1.82) is 0 Å². The SMILES string of the molecule is O=[N+]([O-])c1ccc(N=Cc2ccc(C#Cc3ccc(-c4ccccc4)cc3)cc2)c(Cl)c1. The molecule has 0 unspecified atom stereocenters. The van der Waals surface area contributed by atoms with Crippen LogP contribution in [0.5, 0.6) is 0 Å². The van der Waals surface area contributed by atoms with Gasteiger partial charge in [-0.25, -0.2) is 0 Å². The fraction of sp³-hybridized carbons (Fsp3) is 0. The molecule has 0 saturated carbocycles. The van der Waals surface area contributed by atoms with Gasteiger partial charge in [-0.05, 0) is 47.0 Å². The zero-order valence-corrected chi connectivity index (χ0v) is 17.7. The van der Waals surface area contributed by atoms with E-state index in [1.807, 2.05) is 54.6 Å². The molecule has 4 aromatic carbocycles. The van der Waals surface area contributed by atoms with Gasteiger partial charge >= 0.3 is 0 Å². The molecular weight excluding hydrogens is 420 g/mol. The summed E-state index contributed by atoms with van der Waals surface area (Å²) in [5, 5.41) is 11.0. The van der Waals surface area contributed by atoms with Gasteiger partial charge in [0.25, 0.3) is 5.69 Å². The van der Waals surface area contributed by atoms with Gasteiger partial charge in [0.2, 0.25) is 0 Å². The highest BCUT2D eigenvalue weighted by Crippen LogP contribution is 2.28. The maximum Gasteiger partial charge on any atom is 0.271 e. The highest BCUT2D eigenvalue weighted by molar-refractivity contribution is 6.33. The second-order valence-electron chi connectivity index (χ2n) is 6.97. The van der Waals surface area contributed by atoms with Crippen LogP contribution in [-0.4, -0.2) is 11.1 Å². The fourth-order valence-electron chi connectivity index (χ4n) is 3.03. The summed E-state index contributed by atoms with van der Waals surface area (Å²) in [5.41, 5.74) is 5.46. The van der Waals surface area contributed by atoms with E-state index in [4.69, 9.17) is 11.6 Å². The first kappa shape index (κ1) is 21.0. The molecule has 5 heteroatoms. The smallest absolute Gasteiger partial charge is 0.258 e. The molecule has 4 nitrogen and oxygen atoms in total. The Labute approximate surface area is 191 Å². The van der Waals surface area contributed by atoms with Gasteiger partial charge in [-0.15, -0.1) is 0 Å². The first-order valence-electron chi connectivity index (χ1n) is 9.84. The van der Waals surface area contributed by atoms with E-state index in [1.54, 1.807) is 6.21 Å². The van der Waals surface area contributed by atoms with Crippen LogP contribution in [0.25, 0.3) is 11.1 Å². The highest BCUT2D eigenvalue weighted by atomic mass is 35.5. The minimum atomic E-state index is -0.489. The molecule has 0 fully saturated rings. The quantitative estimate of drug-likeness (QED) is 0.149. The summed E-state index contributed by atoms with van der Waals surface area (Å²) < 4.78 is 0. The van der Waals surface area contributed by atoms with Gasteiger partial charge < -0.3 is 0 Å². The van der Waals surface area contributed by atoms with Crippen LogP contribution in [0.15, 0.2) is 102 Å². The number of aliphatic imine (C=N–C) groups is 1. The third-order valence-electron chi connectivity index (χ3n) is 4.75. The normalized spacial score (nSPS) is 10.5. The first-order chi connectivity index (χ1) is 15.6. The van der Waals surface area contributed by atoms with E-state index in [2.05, 4.69) is 41.1 Å². The molecule has 0 heterocycles. The summed E-state index contributed by atoms with van der Waals surface area (Å²) in [6.07, 6.45) is 1.66. The Morgan fingerprint density at radius 3 is 1.97 bits per heavy atom. The summed E-state index contributed by atoms with van der Waals surface area (Å²) in [4.78, 5) is 14.6. The summed E-state index contributed by atoms with van der Waals surface area (Å²) in [5.74, 6) is 6.35. The molecule has 0 spiro atoms. The number of nitrogens with zero attached hydrogens (tertiary/aromatic N) is 2. The molecule has 0 aromatic heterocycles. The fourth-order valence-corrected chi connectivity index (χ4v) is 3.26. The topological polar surface area (TPSA) is 55.5 Å². The first-order valence-corrected chi connectivity index (χ1v) is 10.2. The van der Waals surface area contributed by atoms with Crippen molar-refractivity contribution in [3.63, 3.8) is 0 Å². The van der Waals surface area contributed by atoms with Crippen molar-refractivity contribution in [3.8, 4) is 23.0 Å². The molecule has 0 amide bonds. The number of hydrogen-bond donors (Lipinski definition) is 0. The Morgan fingerprint density at radius 1 is 0.781 bits per heavy atom. The number of non-ortho nitro benzene ring substituents is 1. The number of halogens is 1. The van der Waals surface area contributed by atoms with E-state index in [9.17, 15) is 10.1 Å². The molecule has 0 aliphatic carbocycles. The van der Waals surface area contributed by atoms with Crippen LogP contribution in [0.3, 0.4) is 0 Å². The highest BCUT2D eigenvalue weighted by Gasteiger charge is 2.08. The Hall–Kier alpha value is -4.20. The van der Waals surface area contributed by atoms with Crippen molar-refractivity contribution in [1.82, 2.24) is 0 Å². The largest absolute Gasteiger partial charge is 0.271 e. The molecule has 0 atom stereocenters. The Kier molecular flexibility index (Phi) is 6.41. The molecule has 0 N–H and O–H groups in total. The van der Waals surface area contributed by atoms with Crippen molar-refractivity contribution >= 4 is 29.2 Å². The van der Waals surface area contributed by atoms with Gasteiger partial charge in [0.1, 0.15) is 0 Å². The van der Waals surface area contributed by atoms with Gasteiger partial charge in [-0.3, -0.25) is 15.1 Å². The van der Waals surface area contributed by atoms with Crippen molar-refractivity contribution < 1.29 is 4.92 Å². The van der Waals surface area contributed by atoms with Gasteiger partial charge in [0, 0.05) is 29.5 Å². The molecule has 0 saturated heterocycles. The van der Waals surface area contributed by atoms with Crippen LogP contribution in [0.2, 0.25) is 5.02 Å². The Morgan fingerprint density at radius 2 is 1.38 bits per heavy atom. The van der Waals surface area contributed by atoms with E-state index in [-0.39, 0.29) is 10.7 Å². The maximum absolute atomic E-state index is 10.8. The Balaban J connectivity index is 1.43. The molecular formula is C27H17ClN2O2. The lowest BCUT2D eigenvalue weighted by Crippen LogP contribution is -1.87. The van der Waals surface area contributed by atoms with E-state index in [0.29, 0.717) is 5.69 Å². The van der Waals surface area contributed by atoms with Crippen LogP contribution >= 0.6 is 11.6 Å². The van der Waals surface area contributed by atoms with Crippen LogP contribution in [0.1, 0.15) is 16.7 Å². The van der Waals surface area contributed by atoms with E-state index < -0.39 is 4.92 Å². The van der Waals surface area contributed by atoms with Crippen LogP contribution < -0.4 is 0 Å². The molecule has 154 valence electrons. The summed E-state index contributed by atoms with van der Waals surface area (Å²) in [6.45, 7) is 0. The molecule has 0 bridgehead atoms. The zero-order valence-electron chi connectivity index (χ0n) is 16.9. The molecule has 4 aromatic rings. The molecule has 0 aliphatic rings. The number of rotatable bonds is 4. The van der Waals surface area contributed by atoms with Crippen molar-refractivity contribution in [2.24, 2.45) is 4.99 Å². The molecule has 32 heavy (non-hydrogen) atoms. The van der Waals surface area contributed by atoms with Gasteiger partial charge in [0.15, 0.2) is 0 Å². The lowest BCUT2D eigenvalue weighted by Gasteiger charge is -2.01. The van der Waals surface area contributed by atoms with Gasteiger partial charge in [0.05, 0.1) is 15.6 Å². The monoisotopic (exact) mass is 436 g/mol. The van der Waals surface area contributed by atoms with Crippen molar-refractivity contribution in [3.05, 3.63) is 129 Å². The van der Waals surface area contributed by atoms with E-state index >= 15 is 0 Å². The minimum absolute atomic E-state index is 0.0633. The third kappa shape index (κ3) is 5.28. The number of benzene rings is 4. The number of hydrogen-bond acceptors (Lipinski definition) is 3. The third-order valence-corrected chi connectivity index (χ3v) is 5.05. The molecule has 4 rings (SSSR count). The van der Waals surface area contributed by atoms with Crippen LogP contribution in [-0.2, 0) is 0 Å². The van der Waals surface area contributed by atoms with Crippen molar-refractivity contribution in [2.75, 3.05) is 0 Å². The van der Waals surface area contributed by atoms with Gasteiger partial charge in [-0.1, -0.05) is 78.0 Å². The van der Waals surface area contributed by atoms with Crippen LogP contribution in [0.4, 0.5) is 11.4 Å². The molecule has 0 radical (unpaired) electrons. The summed E-state index contributed by atoms with van der Waals surface area (Å²) in [6, 6.07) is 30.3. The summed E-state index contributed by atoms with van der Waals surface area (Å²) in [7, 11) is 0. The zero-order chi connectivity index (χ0) is 22.3. The lowest BCUT2D eigenvalue weighted by molar-refractivity contribution is -0.384. The van der Waals surface area contributed by atoms with Crippen LogP contribution in [0, 0.1) is 22.0 Å². The predicted molar refractivity (Wildman–Crippen MR) is 130 cm³/mol.